The van der Waals surface area contributed by atoms with Crippen molar-refractivity contribution >= 4 is 5.69 Å². The van der Waals surface area contributed by atoms with E-state index in [1.54, 1.807) is 6.07 Å². The first-order valence-corrected chi connectivity index (χ1v) is 6.82. The predicted molar refractivity (Wildman–Crippen MR) is 74.6 cm³/mol. The zero-order valence-corrected chi connectivity index (χ0v) is 11.2. The van der Waals surface area contributed by atoms with Crippen LogP contribution in [0.3, 0.4) is 0 Å². The van der Waals surface area contributed by atoms with Gasteiger partial charge in [-0.05, 0) is 24.6 Å². The van der Waals surface area contributed by atoms with Gasteiger partial charge in [0.2, 0.25) is 0 Å². The maximum absolute atomic E-state index is 14.0. The molecule has 1 aliphatic rings. The second-order valence-electron chi connectivity index (χ2n) is 4.86. The minimum Gasteiger partial charge on any atom is -0.395 e. The molecule has 0 atom stereocenters. The number of halogens is 1. The second-order valence-corrected chi connectivity index (χ2v) is 4.86. The van der Waals surface area contributed by atoms with Gasteiger partial charge in [-0.2, -0.15) is 0 Å². The van der Waals surface area contributed by atoms with Crippen molar-refractivity contribution in [1.29, 1.82) is 0 Å². The third kappa shape index (κ3) is 3.43. The summed E-state index contributed by atoms with van der Waals surface area (Å²) in [7, 11) is 0. The molecule has 4 nitrogen and oxygen atoms in total. The molecule has 2 rings (SSSR count). The molecule has 0 aromatic heterocycles. The van der Waals surface area contributed by atoms with Gasteiger partial charge in [0, 0.05) is 32.7 Å². The van der Waals surface area contributed by atoms with E-state index in [2.05, 4.69) is 9.80 Å². The summed E-state index contributed by atoms with van der Waals surface area (Å²) in [4.78, 5) is 4.29. The molecule has 1 aliphatic heterocycles. The summed E-state index contributed by atoms with van der Waals surface area (Å²) in [6.07, 6.45) is 0.971. The van der Waals surface area contributed by atoms with Crippen molar-refractivity contribution in [2.45, 2.75) is 13.0 Å². The molecule has 1 fully saturated rings. The predicted octanol–water partition coefficient (Wildman–Crippen LogP) is 0.789. The summed E-state index contributed by atoms with van der Waals surface area (Å²) in [5.74, 6) is -0.196. The quantitative estimate of drug-likeness (QED) is 0.847. The lowest BCUT2D eigenvalue weighted by molar-refractivity contribution is 0.204. The molecule has 1 aromatic rings. The van der Waals surface area contributed by atoms with Crippen molar-refractivity contribution in [3.8, 4) is 0 Å². The molecule has 0 bridgehead atoms. The molecule has 5 heteroatoms. The zero-order valence-electron chi connectivity index (χ0n) is 11.2. The van der Waals surface area contributed by atoms with Gasteiger partial charge in [-0.3, -0.25) is 4.90 Å². The van der Waals surface area contributed by atoms with Crippen LogP contribution in [0.4, 0.5) is 10.1 Å². The summed E-state index contributed by atoms with van der Waals surface area (Å²) < 4.78 is 14.0. The van der Waals surface area contributed by atoms with Gasteiger partial charge in [0.25, 0.3) is 0 Å². The monoisotopic (exact) mass is 267 g/mol. The number of β-amino-alcohol motifs (C(OH)–C–C–N with tert-alkyl or cyclic N) is 1. The van der Waals surface area contributed by atoms with E-state index in [4.69, 9.17) is 10.8 Å². The molecule has 0 spiro atoms. The summed E-state index contributed by atoms with van der Waals surface area (Å²) in [5.41, 5.74) is 7.21. The van der Waals surface area contributed by atoms with E-state index in [-0.39, 0.29) is 12.4 Å². The number of anilines is 1. The summed E-state index contributed by atoms with van der Waals surface area (Å²) in [5, 5.41) is 8.99. The fourth-order valence-electron chi connectivity index (χ4n) is 2.64. The average Bonchev–Trinajstić information content (AvgIpc) is 2.64. The number of rotatable bonds is 4. The van der Waals surface area contributed by atoms with Gasteiger partial charge >= 0.3 is 0 Å². The van der Waals surface area contributed by atoms with Gasteiger partial charge in [0.1, 0.15) is 5.82 Å². The van der Waals surface area contributed by atoms with Crippen molar-refractivity contribution in [2.75, 3.05) is 44.2 Å². The topological polar surface area (TPSA) is 52.7 Å². The minimum absolute atomic E-state index is 0.174. The van der Waals surface area contributed by atoms with Crippen LogP contribution >= 0.6 is 0 Å². The first kappa shape index (κ1) is 14.2. The van der Waals surface area contributed by atoms with E-state index in [9.17, 15) is 4.39 Å². The highest BCUT2D eigenvalue weighted by molar-refractivity contribution is 5.55. The Labute approximate surface area is 113 Å². The van der Waals surface area contributed by atoms with E-state index < -0.39 is 0 Å². The summed E-state index contributed by atoms with van der Waals surface area (Å²) in [6.45, 7) is 4.61. The van der Waals surface area contributed by atoms with Crippen LogP contribution in [0.1, 0.15) is 12.0 Å². The molecule has 1 heterocycles. The highest BCUT2D eigenvalue weighted by Gasteiger charge is 2.19. The Morgan fingerprint density at radius 1 is 1.21 bits per heavy atom. The van der Waals surface area contributed by atoms with E-state index in [1.807, 2.05) is 6.07 Å². The minimum atomic E-state index is -0.196. The Morgan fingerprint density at radius 3 is 2.79 bits per heavy atom. The van der Waals surface area contributed by atoms with Crippen LogP contribution in [-0.4, -0.2) is 49.3 Å². The normalized spacial score (nSPS) is 17.5. The van der Waals surface area contributed by atoms with Crippen LogP contribution in [0, 0.1) is 5.82 Å². The van der Waals surface area contributed by atoms with Crippen molar-refractivity contribution < 1.29 is 9.50 Å². The molecule has 1 saturated heterocycles. The van der Waals surface area contributed by atoms with Gasteiger partial charge < -0.3 is 15.7 Å². The number of nitrogens with zero attached hydrogens (tertiary/aromatic N) is 2. The van der Waals surface area contributed by atoms with Crippen LogP contribution < -0.4 is 10.6 Å². The third-order valence-corrected chi connectivity index (χ3v) is 3.61. The van der Waals surface area contributed by atoms with Gasteiger partial charge in [-0.25, -0.2) is 4.39 Å². The van der Waals surface area contributed by atoms with E-state index in [0.29, 0.717) is 18.8 Å². The third-order valence-electron chi connectivity index (χ3n) is 3.61. The lowest BCUT2D eigenvalue weighted by atomic mass is 10.1. The van der Waals surface area contributed by atoms with Crippen LogP contribution in [0.15, 0.2) is 18.2 Å². The maximum Gasteiger partial charge on any atom is 0.146 e. The molecule has 3 N–H and O–H groups in total. The fourth-order valence-corrected chi connectivity index (χ4v) is 2.64. The number of hydrogen-bond acceptors (Lipinski definition) is 4. The highest BCUT2D eigenvalue weighted by Crippen LogP contribution is 2.25. The van der Waals surface area contributed by atoms with Crippen molar-refractivity contribution in [3.63, 3.8) is 0 Å². The number of hydrogen-bond donors (Lipinski definition) is 2. The molecule has 19 heavy (non-hydrogen) atoms. The molecular formula is C14H22FN3O. The Bertz CT molecular complexity index is 414. The van der Waals surface area contributed by atoms with Crippen LogP contribution in [-0.2, 0) is 6.54 Å². The van der Waals surface area contributed by atoms with Gasteiger partial charge in [0.05, 0.1) is 12.3 Å². The molecule has 0 saturated carbocycles. The molecule has 0 amide bonds. The lowest BCUT2D eigenvalue weighted by Gasteiger charge is -2.26. The van der Waals surface area contributed by atoms with Crippen LogP contribution in [0.25, 0.3) is 0 Å². The summed E-state index contributed by atoms with van der Waals surface area (Å²) in [6, 6.07) is 5.08. The molecule has 1 aromatic carbocycles. The Balaban J connectivity index is 2.14. The van der Waals surface area contributed by atoms with Crippen LogP contribution in [0.5, 0.6) is 0 Å². The first-order valence-electron chi connectivity index (χ1n) is 6.82. The van der Waals surface area contributed by atoms with Gasteiger partial charge in [0.15, 0.2) is 0 Å². The highest BCUT2D eigenvalue weighted by atomic mass is 19.1. The Hall–Kier alpha value is -1.17. The zero-order chi connectivity index (χ0) is 13.7. The molecular weight excluding hydrogens is 245 g/mol. The van der Waals surface area contributed by atoms with Gasteiger partial charge in [-0.15, -0.1) is 0 Å². The maximum atomic E-state index is 14.0. The second kappa shape index (κ2) is 6.84. The summed E-state index contributed by atoms with van der Waals surface area (Å²) >= 11 is 0. The number of benzene rings is 1. The number of para-hydroxylation sites is 1. The standard InChI is InChI=1S/C14H22FN3O/c15-13-4-1-3-12(11-16)14(13)18-6-2-5-17(7-8-18)9-10-19/h1,3-4,19H,2,5-11,16H2. The Kier molecular flexibility index (Phi) is 5.13. The Morgan fingerprint density at radius 2 is 2.05 bits per heavy atom. The molecule has 0 unspecified atom stereocenters. The first-order chi connectivity index (χ1) is 9.26. The molecule has 0 aliphatic carbocycles. The van der Waals surface area contributed by atoms with E-state index in [0.717, 1.165) is 38.2 Å². The number of nitrogens with two attached hydrogens (primary N) is 1. The average molecular weight is 267 g/mol. The van der Waals surface area contributed by atoms with E-state index in [1.165, 1.54) is 6.07 Å². The fraction of sp³-hybridized carbons (Fsp3) is 0.571. The molecule has 106 valence electrons. The number of aliphatic hydroxyl groups excluding tert-OH is 1. The van der Waals surface area contributed by atoms with Gasteiger partial charge in [-0.1, -0.05) is 12.1 Å². The molecule has 0 radical (unpaired) electrons. The number of aliphatic hydroxyl groups is 1. The van der Waals surface area contributed by atoms with E-state index >= 15 is 0 Å². The SMILES string of the molecule is NCc1cccc(F)c1N1CCCN(CCO)CC1. The van der Waals surface area contributed by atoms with Crippen molar-refractivity contribution in [1.82, 2.24) is 4.90 Å². The lowest BCUT2D eigenvalue weighted by Crippen LogP contribution is -2.33. The largest absolute Gasteiger partial charge is 0.395 e. The van der Waals surface area contributed by atoms with Crippen LogP contribution in [0.2, 0.25) is 0 Å². The van der Waals surface area contributed by atoms with Crippen molar-refractivity contribution in [3.05, 3.63) is 29.6 Å². The smallest absolute Gasteiger partial charge is 0.146 e. The van der Waals surface area contributed by atoms with Crippen molar-refractivity contribution in [2.24, 2.45) is 5.73 Å².